The number of aromatic nitrogens is 1. The maximum atomic E-state index is 12.5. The van der Waals surface area contributed by atoms with E-state index >= 15 is 0 Å². The Morgan fingerprint density at radius 2 is 1.78 bits per heavy atom. The van der Waals surface area contributed by atoms with Crippen molar-refractivity contribution < 1.29 is 14.3 Å². The van der Waals surface area contributed by atoms with Crippen LogP contribution in [0, 0.1) is 13.8 Å². The quantitative estimate of drug-likeness (QED) is 0.704. The van der Waals surface area contributed by atoms with E-state index in [0.717, 1.165) is 22.0 Å². The number of rotatable bonds is 5. The Bertz CT molecular complexity index is 994. The van der Waals surface area contributed by atoms with Gasteiger partial charge in [0.05, 0.1) is 29.4 Å². The fourth-order valence-electron chi connectivity index (χ4n) is 2.94. The molecule has 5 heteroatoms. The van der Waals surface area contributed by atoms with Gasteiger partial charge in [-0.2, -0.15) is 0 Å². The Labute approximate surface area is 158 Å². The van der Waals surface area contributed by atoms with Crippen LogP contribution >= 0.6 is 0 Å². The van der Waals surface area contributed by atoms with Gasteiger partial charge in [-0.25, -0.2) is 4.79 Å². The predicted octanol–water partition coefficient (Wildman–Crippen LogP) is 3.61. The molecule has 0 spiro atoms. The SMILES string of the molecule is COC(=O)c1ccc(CCNC(=O)c2cc3ccc(C)cc3nc2C)cc1. The molecule has 0 bridgehead atoms. The summed E-state index contributed by atoms with van der Waals surface area (Å²) < 4.78 is 4.68. The number of methoxy groups -OCH3 is 1. The normalized spacial score (nSPS) is 10.6. The highest BCUT2D eigenvalue weighted by Crippen LogP contribution is 2.18. The molecule has 0 saturated heterocycles. The Balaban J connectivity index is 1.64. The monoisotopic (exact) mass is 362 g/mol. The minimum Gasteiger partial charge on any atom is -0.465 e. The van der Waals surface area contributed by atoms with Crippen molar-refractivity contribution in [2.75, 3.05) is 13.7 Å². The van der Waals surface area contributed by atoms with E-state index in [1.54, 1.807) is 12.1 Å². The predicted molar refractivity (Wildman–Crippen MR) is 105 cm³/mol. The number of aryl methyl sites for hydroxylation is 2. The number of pyridine rings is 1. The molecule has 0 aliphatic rings. The van der Waals surface area contributed by atoms with Gasteiger partial charge in [0.2, 0.25) is 0 Å². The number of nitrogens with one attached hydrogen (secondary N) is 1. The zero-order valence-corrected chi connectivity index (χ0v) is 15.7. The molecule has 0 radical (unpaired) electrons. The van der Waals surface area contributed by atoms with Gasteiger partial charge in [0, 0.05) is 11.9 Å². The summed E-state index contributed by atoms with van der Waals surface area (Å²) in [5.74, 6) is -0.488. The average Bonchev–Trinajstić information content (AvgIpc) is 2.67. The van der Waals surface area contributed by atoms with Gasteiger partial charge in [0.25, 0.3) is 5.91 Å². The number of hydrogen-bond donors (Lipinski definition) is 1. The van der Waals surface area contributed by atoms with Crippen molar-refractivity contribution >= 4 is 22.8 Å². The van der Waals surface area contributed by atoms with Gasteiger partial charge < -0.3 is 10.1 Å². The second-order valence-electron chi connectivity index (χ2n) is 6.51. The molecule has 1 N–H and O–H groups in total. The number of carbonyl (C=O) groups is 2. The van der Waals surface area contributed by atoms with E-state index < -0.39 is 0 Å². The number of carbonyl (C=O) groups excluding carboxylic acids is 2. The van der Waals surface area contributed by atoms with Gasteiger partial charge in [-0.05, 0) is 55.7 Å². The van der Waals surface area contributed by atoms with Crippen molar-refractivity contribution in [3.8, 4) is 0 Å². The minimum absolute atomic E-state index is 0.131. The van der Waals surface area contributed by atoms with E-state index in [2.05, 4.69) is 15.0 Å². The Morgan fingerprint density at radius 1 is 1.04 bits per heavy atom. The lowest BCUT2D eigenvalue weighted by atomic mass is 10.1. The van der Waals surface area contributed by atoms with Crippen molar-refractivity contribution in [2.45, 2.75) is 20.3 Å². The first-order valence-electron chi connectivity index (χ1n) is 8.81. The molecule has 1 aromatic heterocycles. The minimum atomic E-state index is -0.357. The summed E-state index contributed by atoms with van der Waals surface area (Å²) in [5.41, 5.74) is 4.89. The smallest absolute Gasteiger partial charge is 0.337 e. The number of fused-ring (bicyclic) bond motifs is 1. The van der Waals surface area contributed by atoms with Crippen molar-refractivity contribution in [3.63, 3.8) is 0 Å². The molecule has 0 fully saturated rings. The Kier molecular flexibility index (Phi) is 5.50. The molecule has 2 aromatic carbocycles. The van der Waals surface area contributed by atoms with E-state index in [1.165, 1.54) is 7.11 Å². The van der Waals surface area contributed by atoms with Crippen LogP contribution < -0.4 is 5.32 Å². The third kappa shape index (κ3) is 4.31. The molecule has 0 aliphatic carbocycles. The maximum absolute atomic E-state index is 12.5. The van der Waals surface area contributed by atoms with E-state index in [4.69, 9.17) is 0 Å². The molecule has 1 amide bonds. The zero-order chi connectivity index (χ0) is 19.4. The number of esters is 1. The van der Waals surface area contributed by atoms with Crippen LogP contribution in [0.25, 0.3) is 10.9 Å². The Morgan fingerprint density at radius 3 is 2.48 bits per heavy atom. The molecule has 0 saturated carbocycles. The van der Waals surface area contributed by atoms with Crippen LogP contribution in [0.15, 0.2) is 48.5 Å². The number of nitrogens with zero attached hydrogens (tertiary/aromatic N) is 1. The molecule has 3 aromatic rings. The molecular formula is C22H22N2O3. The average molecular weight is 362 g/mol. The second kappa shape index (κ2) is 7.99. The lowest BCUT2D eigenvalue weighted by Gasteiger charge is -2.09. The summed E-state index contributed by atoms with van der Waals surface area (Å²) in [6.07, 6.45) is 0.673. The van der Waals surface area contributed by atoms with Crippen LogP contribution in [0.4, 0.5) is 0 Å². The molecule has 0 unspecified atom stereocenters. The van der Waals surface area contributed by atoms with Gasteiger partial charge in [-0.15, -0.1) is 0 Å². The van der Waals surface area contributed by atoms with Crippen molar-refractivity contribution in [1.82, 2.24) is 10.3 Å². The fourth-order valence-corrected chi connectivity index (χ4v) is 2.94. The van der Waals surface area contributed by atoms with Crippen LogP contribution in [0.1, 0.15) is 37.5 Å². The van der Waals surface area contributed by atoms with E-state index in [0.29, 0.717) is 29.8 Å². The number of amides is 1. The van der Waals surface area contributed by atoms with Gasteiger partial charge in [-0.1, -0.05) is 24.3 Å². The van der Waals surface area contributed by atoms with E-state index in [1.807, 2.05) is 50.2 Å². The summed E-state index contributed by atoms with van der Waals surface area (Å²) in [4.78, 5) is 28.5. The van der Waals surface area contributed by atoms with Crippen molar-refractivity contribution in [2.24, 2.45) is 0 Å². The topological polar surface area (TPSA) is 68.3 Å². The van der Waals surface area contributed by atoms with Crippen LogP contribution in [0.2, 0.25) is 0 Å². The summed E-state index contributed by atoms with van der Waals surface area (Å²) in [6.45, 7) is 4.37. The van der Waals surface area contributed by atoms with Gasteiger partial charge in [0.1, 0.15) is 0 Å². The van der Waals surface area contributed by atoms with Gasteiger partial charge >= 0.3 is 5.97 Å². The zero-order valence-electron chi connectivity index (χ0n) is 15.7. The van der Waals surface area contributed by atoms with Crippen molar-refractivity contribution in [3.05, 3.63) is 76.5 Å². The van der Waals surface area contributed by atoms with Crippen LogP contribution in [0.5, 0.6) is 0 Å². The van der Waals surface area contributed by atoms with Gasteiger partial charge in [-0.3, -0.25) is 9.78 Å². The highest BCUT2D eigenvalue weighted by Gasteiger charge is 2.11. The molecule has 3 rings (SSSR count). The molecular weight excluding hydrogens is 340 g/mol. The second-order valence-corrected chi connectivity index (χ2v) is 6.51. The van der Waals surface area contributed by atoms with E-state index in [9.17, 15) is 9.59 Å². The highest BCUT2D eigenvalue weighted by molar-refractivity contribution is 5.98. The lowest BCUT2D eigenvalue weighted by molar-refractivity contribution is 0.0600. The first-order chi connectivity index (χ1) is 13.0. The number of hydrogen-bond acceptors (Lipinski definition) is 4. The highest BCUT2D eigenvalue weighted by atomic mass is 16.5. The summed E-state index contributed by atoms with van der Waals surface area (Å²) in [7, 11) is 1.36. The van der Waals surface area contributed by atoms with Crippen LogP contribution in [-0.4, -0.2) is 30.5 Å². The Hall–Kier alpha value is -3.21. The van der Waals surface area contributed by atoms with E-state index in [-0.39, 0.29) is 11.9 Å². The third-order valence-corrected chi connectivity index (χ3v) is 4.48. The largest absolute Gasteiger partial charge is 0.465 e. The fraction of sp³-hybridized carbons (Fsp3) is 0.227. The first-order valence-corrected chi connectivity index (χ1v) is 8.81. The van der Waals surface area contributed by atoms with Crippen molar-refractivity contribution in [1.29, 1.82) is 0 Å². The summed E-state index contributed by atoms with van der Waals surface area (Å²) in [6, 6.07) is 15.1. The molecule has 0 aliphatic heterocycles. The van der Waals surface area contributed by atoms with Crippen LogP contribution in [0.3, 0.4) is 0 Å². The summed E-state index contributed by atoms with van der Waals surface area (Å²) in [5, 5.41) is 3.90. The number of ether oxygens (including phenoxy) is 1. The van der Waals surface area contributed by atoms with Crippen LogP contribution in [-0.2, 0) is 11.2 Å². The molecule has 1 heterocycles. The molecule has 0 atom stereocenters. The molecule has 5 nitrogen and oxygen atoms in total. The molecule has 27 heavy (non-hydrogen) atoms. The summed E-state index contributed by atoms with van der Waals surface area (Å²) >= 11 is 0. The number of benzene rings is 2. The molecule has 138 valence electrons. The lowest BCUT2D eigenvalue weighted by Crippen LogP contribution is -2.26. The first kappa shape index (κ1) is 18.6. The third-order valence-electron chi connectivity index (χ3n) is 4.48. The van der Waals surface area contributed by atoms with Gasteiger partial charge in [0.15, 0.2) is 0 Å². The standard InChI is InChI=1S/C22H22N2O3/c1-14-4-7-18-13-19(15(2)24-20(18)12-14)21(25)23-11-10-16-5-8-17(9-6-16)22(26)27-3/h4-9,12-13H,10-11H2,1-3H3,(H,23,25). The maximum Gasteiger partial charge on any atom is 0.337 e.